The van der Waals surface area contributed by atoms with Crippen molar-refractivity contribution in [3.63, 3.8) is 0 Å². The quantitative estimate of drug-likeness (QED) is 0.909. The van der Waals surface area contributed by atoms with E-state index in [4.69, 9.17) is 0 Å². The van der Waals surface area contributed by atoms with Gasteiger partial charge < -0.3 is 10.6 Å². The number of rotatable bonds is 3. The van der Waals surface area contributed by atoms with Crippen molar-refractivity contribution >= 4 is 11.6 Å². The second kappa shape index (κ2) is 5.95. The lowest BCUT2D eigenvalue weighted by molar-refractivity contribution is -0.122. The maximum Gasteiger partial charge on any atom is 0.227 e. The molecule has 2 N–H and O–H groups in total. The van der Waals surface area contributed by atoms with Gasteiger partial charge in [0.2, 0.25) is 5.91 Å². The number of hydrogen-bond acceptors (Lipinski definition) is 2. The van der Waals surface area contributed by atoms with Crippen LogP contribution in [0.25, 0.3) is 0 Å². The lowest BCUT2D eigenvalue weighted by atomic mass is 9.90. The predicted molar refractivity (Wildman–Crippen MR) is 80.5 cm³/mol. The van der Waals surface area contributed by atoms with E-state index in [1.165, 1.54) is 12.1 Å². The number of anilines is 1. The molecule has 1 atom stereocenters. The minimum Gasteiger partial charge on any atom is -0.385 e. The Bertz CT molecular complexity index is 639. The van der Waals surface area contributed by atoms with E-state index >= 15 is 0 Å². The van der Waals surface area contributed by atoms with E-state index in [9.17, 15) is 9.18 Å². The monoisotopic (exact) mass is 284 g/mol. The number of para-hydroxylation sites is 1. The molecule has 4 heteroatoms. The van der Waals surface area contributed by atoms with Crippen LogP contribution in [0.15, 0.2) is 48.5 Å². The molecule has 1 unspecified atom stereocenters. The van der Waals surface area contributed by atoms with Gasteiger partial charge in [-0.2, -0.15) is 0 Å². The van der Waals surface area contributed by atoms with E-state index in [1.807, 2.05) is 24.3 Å². The third-order valence-electron chi connectivity index (χ3n) is 3.78. The highest BCUT2D eigenvalue weighted by atomic mass is 19.1. The summed E-state index contributed by atoms with van der Waals surface area (Å²) in [6, 6.07) is 14.1. The molecule has 21 heavy (non-hydrogen) atoms. The number of carbonyl (C=O) groups excluding carboxylic acids is 1. The van der Waals surface area contributed by atoms with Gasteiger partial charge in [0.1, 0.15) is 5.82 Å². The maximum absolute atomic E-state index is 12.8. The molecule has 0 aromatic heterocycles. The van der Waals surface area contributed by atoms with Crippen LogP contribution in [0.5, 0.6) is 0 Å². The lowest BCUT2D eigenvalue weighted by Crippen LogP contribution is -2.32. The Kier molecular flexibility index (Phi) is 3.86. The summed E-state index contributed by atoms with van der Waals surface area (Å²) < 4.78 is 12.8. The fourth-order valence-corrected chi connectivity index (χ4v) is 2.66. The number of amides is 1. The van der Waals surface area contributed by atoms with Gasteiger partial charge in [0.25, 0.3) is 0 Å². The molecular formula is C17H17FN2O. The van der Waals surface area contributed by atoms with Gasteiger partial charge in [0.05, 0.1) is 5.92 Å². The van der Waals surface area contributed by atoms with E-state index in [-0.39, 0.29) is 17.6 Å². The van der Waals surface area contributed by atoms with Crippen molar-refractivity contribution in [2.75, 3.05) is 11.9 Å². The van der Waals surface area contributed by atoms with E-state index in [0.29, 0.717) is 6.54 Å². The summed E-state index contributed by atoms with van der Waals surface area (Å²) in [5.74, 6) is -0.367. The third-order valence-corrected chi connectivity index (χ3v) is 3.78. The predicted octanol–water partition coefficient (Wildman–Crippen LogP) is 3.04. The van der Waals surface area contributed by atoms with E-state index < -0.39 is 0 Å². The van der Waals surface area contributed by atoms with E-state index in [0.717, 1.165) is 29.8 Å². The minimum absolute atomic E-state index is 0.0216. The summed E-state index contributed by atoms with van der Waals surface area (Å²) in [6.45, 7) is 1.22. The molecule has 0 saturated carbocycles. The molecule has 1 amide bonds. The maximum atomic E-state index is 12.8. The van der Waals surface area contributed by atoms with Gasteiger partial charge in [-0.15, -0.1) is 0 Å². The van der Waals surface area contributed by atoms with Crippen molar-refractivity contribution in [2.45, 2.75) is 18.9 Å². The minimum atomic E-state index is -0.266. The zero-order valence-electron chi connectivity index (χ0n) is 11.6. The van der Waals surface area contributed by atoms with Gasteiger partial charge in [-0.05, 0) is 35.7 Å². The van der Waals surface area contributed by atoms with Crippen LogP contribution in [-0.2, 0) is 11.3 Å². The molecule has 2 aromatic carbocycles. The Morgan fingerprint density at radius 1 is 1.19 bits per heavy atom. The van der Waals surface area contributed by atoms with Crippen LogP contribution in [0, 0.1) is 5.82 Å². The van der Waals surface area contributed by atoms with Crippen molar-refractivity contribution < 1.29 is 9.18 Å². The normalized spacial score (nSPS) is 16.7. The van der Waals surface area contributed by atoms with Crippen molar-refractivity contribution in [3.05, 3.63) is 65.5 Å². The number of nitrogens with one attached hydrogen (secondary N) is 2. The molecule has 0 saturated heterocycles. The Labute approximate surface area is 123 Å². The second-order valence-corrected chi connectivity index (χ2v) is 5.20. The van der Waals surface area contributed by atoms with Gasteiger partial charge >= 0.3 is 0 Å². The molecule has 2 aromatic rings. The van der Waals surface area contributed by atoms with Crippen LogP contribution >= 0.6 is 0 Å². The molecular weight excluding hydrogens is 267 g/mol. The standard InChI is InChI=1S/C17H17FN2O/c18-13-7-5-12(6-8-13)11-20-17(21)15-9-10-19-16-4-2-1-3-14(15)16/h1-8,15,19H,9-11H2,(H,20,21). The Morgan fingerprint density at radius 2 is 1.95 bits per heavy atom. The summed E-state index contributed by atoms with van der Waals surface area (Å²) in [5.41, 5.74) is 2.97. The van der Waals surface area contributed by atoms with Gasteiger partial charge in [-0.1, -0.05) is 30.3 Å². The van der Waals surface area contributed by atoms with Crippen molar-refractivity contribution in [2.24, 2.45) is 0 Å². The second-order valence-electron chi connectivity index (χ2n) is 5.20. The van der Waals surface area contributed by atoms with E-state index in [1.54, 1.807) is 12.1 Å². The van der Waals surface area contributed by atoms with Gasteiger partial charge in [0.15, 0.2) is 0 Å². The zero-order valence-corrected chi connectivity index (χ0v) is 11.6. The van der Waals surface area contributed by atoms with Crippen LogP contribution in [0.1, 0.15) is 23.5 Å². The number of carbonyl (C=O) groups is 1. The fourth-order valence-electron chi connectivity index (χ4n) is 2.66. The van der Waals surface area contributed by atoms with Crippen molar-refractivity contribution in [1.82, 2.24) is 5.32 Å². The van der Waals surface area contributed by atoms with Crippen molar-refractivity contribution in [1.29, 1.82) is 0 Å². The highest BCUT2D eigenvalue weighted by Gasteiger charge is 2.25. The first-order chi connectivity index (χ1) is 10.2. The Balaban J connectivity index is 1.68. The van der Waals surface area contributed by atoms with E-state index in [2.05, 4.69) is 10.6 Å². The molecule has 108 valence electrons. The van der Waals surface area contributed by atoms with Crippen LogP contribution in [0.3, 0.4) is 0 Å². The molecule has 0 aliphatic carbocycles. The SMILES string of the molecule is O=C(NCc1ccc(F)cc1)C1CCNc2ccccc21. The van der Waals surface area contributed by atoms with Crippen molar-refractivity contribution in [3.8, 4) is 0 Å². The number of benzene rings is 2. The van der Waals surface area contributed by atoms with Gasteiger partial charge in [0, 0.05) is 18.8 Å². The van der Waals surface area contributed by atoms with Crippen LogP contribution in [0.4, 0.5) is 10.1 Å². The molecule has 1 aliphatic rings. The van der Waals surface area contributed by atoms with Crippen LogP contribution < -0.4 is 10.6 Å². The molecule has 0 bridgehead atoms. The summed E-state index contributed by atoms with van der Waals surface area (Å²) in [5, 5.41) is 6.25. The van der Waals surface area contributed by atoms with Gasteiger partial charge in [-0.25, -0.2) is 4.39 Å². The summed E-state index contributed by atoms with van der Waals surface area (Å²) in [4.78, 5) is 12.4. The molecule has 1 aliphatic heterocycles. The Morgan fingerprint density at radius 3 is 2.76 bits per heavy atom. The number of halogens is 1. The summed E-state index contributed by atoms with van der Waals surface area (Å²) in [7, 11) is 0. The molecule has 1 heterocycles. The molecule has 0 radical (unpaired) electrons. The first-order valence-electron chi connectivity index (χ1n) is 7.09. The smallest absolute Gasteiger partial charge is 0.227 e. The molecule has 3 rings (SSSR count). The van der Waals surface area contributed by atoms with Gasteiger partial charge in [-0.3, -0.25) is 4.79 Å². The third kappa shape index (κ3) is 3.05. The molecule has 3 nitrogen and oxygen atoms in total. The highest BCUT2D eigenvalue weighted by Crippen LogP contribution is 2.31. The molecule has 0 fully saturated rings. The number of hydrogen-bond donors (Lipinski definition) is 2. The molecule has 0 spiro atoms. The largest absolute Gasteiger partial charge is 0.385 e. The topological polar surface area (TPSA) is 41.1 Å². The first kappa shape index (κ1) is 13.6. The fraction of sp³-hybridized carbons (Fsp3) is 0.235. The Hall–Kier alpha value is -2.36. The zero-order chi connectivity index (χ0) is 14.7. The number of fused-ring (bicyclic) bond motifs is 1. The average molecular weight is 284 g/mol. The average Bonchev–Trinajstić information content (AvgIpc) is 2.53. The van der Waals surface area contributed by atoms with Crippen LogP contribution in [-0.4, -0.2) is 12.5 Å². The van der Waals surface area contributed by atoms with Crippen LogP contribution in [0.2, 0.25) is 0 Å². The highest BCUT2D eigenvalue weighted by molar-refractivity contribution is 5.86. The lowest BCUT2D eigenvalue weighted by Gasteiger charge is -2.25. The summed E-state index contributed by atoms with van der Waals surface area (Å²) in [6.07, 6.45) is 0.784. The first-order valence-corrected chi connectivity index (χ1v) is 7.09. The summed E-state index contributed by atoms with van der Waals surface area (Å²) >= 11 is 0.